The van der Waals surface area contributed by atoms with Gasteiger partial charge < -0.3 is 4.74 Å². The minimum atomic E-state index is -0.202. The molecule has 0 spiro atoms. The number of halogens is 1. The Morgan fingerprint density at radius 1 is 1.00 bits per heavy atom. The van der Waals surface area contributed by atoms with Crippen molar-refractivity contribution in [1.82, 2.24) is 14.9 Å². The predicted octanol–water partition coefficient (Wildman–Crippen LogP) is 2.52. The van der Waals surface area contributed by atoms with Crippen molar-refractivity contribution < 1.29 is 4.74 Å². The highest BCUT2D eigenvalue weighted by Crippen LogP contribution is 2.15. The Balaban J connectivity index is 1.78. The minimum absolute atomic E-state index is 0.202. The van der Waals surface area contributed by atoms with Gasteiger partial charge in [0.2, 0.25) is 0 Å². The van der Waals surface area contributed by atoms with E-state index >= 15 is 0 Å². The molecule has 2 heterocycles. The molecule has 27 heavy (non-hydrogen) atoms. The van der Waals surface area contributed by atoms with Gasteiger partial charge in [0.1, 0.15) is 5.69 Å². The Hall–Kier alpha value is -2.70. The lowest BCUT2D eigenvalue weighted by Gasteiger charge is -2.29. The number of morpholine rings is 1. The minimum Gasteiger partial charge on any atom is -0.378 e. The van der Waals surface area contributed by atoms with Crippen LogP contribution in [0.2, 0.25) is 5.02 Å². The number of ether oxygens (including phenoxy) is 1. The van der Waals surface area contributed by atoms with E-state index in [1.54, 1.807) is 0 Å². The first-order chi connectivity index (χ1) is 13.2. The molecule has 0 bridgehead atoms. The van der Waals surface area contributed by atoms with E-state index in [0.717, 1.165) is 11.1 Å². The van der Waals surface area contributed by atoms with E-state index < -0.39 is 0 Å². The highest BCUT2D eigenvalue weighted by atomic mass is 35.5. The smallest absolute Gasteiger partial charge is 0.308 e. The first-order valence-corrected chi connectivity index (χ1v) is 9.21. The summed E-state index contributed by atoms with van der Waals surface area (Å²) in [4.78, 5) is 19.1. The van der Waals surface area contributed by atoms with E-state index in [1.807, 2.05) is 59.6 Å². The zero-order valence-corrected chi connectivity index (χ0v) is 15.5. The third-order valence-corrected chi connectivity index (χ3v) is 4.68. The summed E-state index contributed by atoms with van der Waals surface area (Å²) in [6, 6.07) is 17.1. The van der Waals surface area contributed by atoms with Gasteiger partial charge in [0, 0.05) is 17.0 Å². The fraction of sp³-hybridized carbons (Fsp3) is 0.250. The van der Waals surface area contributed by atoms with Gasteiger partial charge in [0.25, 0.3) is 0 Å². The van der Waals surface area contributed by atoms with Gasteiger partial charge in [-0.1, -0.05) is 54.1 Å². The van der Waals surface area contributed by atoms with Crippen LogP contribution in [0, 0.1) is 0 Å². The van der Waals surface area contributed by atoms with Crippen molar-refractivity contribution in [2.75, 3.05) is 31.3 Å². The highest BCUT2D eigenvalue weighted by molar-refractivity contribution is 6.30. The van der Waals surface area contributed by atoms with Crippen molar-refractivity contribution in [2.24, 2.45) is 0 Å². The summed E-state index contributed by atoms with van der Waals surface area (Å²) in [5, 5.41) is 7.10. The van der Waals surface area contributed by atoms with Gasteiger partial charge in [-0.3, -0.25) is 9.80 Å². The van der Waals surface area contributed by atoms with Crippen LogP contribution in [-0.2, 0) is 11.2 Å². The lowest BCUT2D eigenvalue weighted by Crippen LogP contribution is -2.51. The molecule has 138 valence electrons. The van der Waals surface area contributed by atoms with Crippen LogP contribution in [0.15, 0.2) is 59.4 Å². The molecule has 0 amide bonds. The zero-order valence-electron chi connectivity index (χ0n) is 14.7. The van der Waals surface area contributed by atoms with E-state index in [1.165, 1.54) is 4.79 Å². The number of nitrogens with zero attached hydrogens (tertiary/aromatic N) is 4. The lowest BCUT2D eigenvalue weighted by atomic mass is 10.1. The Morgan fingerprint density at radius 3 is 2.41 bits per heavy atom. The molecule has 1 saturated heterocycles. The lowest BCUT2D eigenvalue weighted by molar-refractivity contribution is 0.108. The molecular weight excluding hydrogens is 364 g/mol. The number of rotatable bonds is 4. The van der Waals surface area contributed by atoms with Crippen LogP contribution in [0.5, 0.6) is 0 Å². The second-order valence-electron chi connectivity index (χ2n) is 6.31. The predicted molar refractivity (Wildman–Crippen MR) is 105 cm³/mol. The van der Waals surface area contributed by atoms with E-state index in [2.05, 4.69) is 10.1 Å². The fourth-order valence-electron chi connectivity index (χ4n) is 3.00. The summed E-state index contributed by atoms with van der Waals surface area (Å²) in [5.41, 5.74) is 2.10. The van der Waals surface area contributed by atoms with Crippen LogP contribution in [0.3, 0.4) is 0 Å². The molecule has 1 fully saturated rings. The third kappa shape index (κ3) is 4.02. The zero-order chi connectivity index (χ0) is 18.6. The van der Waals surface area contributed by atoms with Crippen LogP contribution in [-0.4, -0.2) is 41.2 Å². The number of benzene rings is 2. The quantitative estimate of drug-likeness (QED) is 0.694. The molecule has 0 unspecified atom stereocenters. The number of aromatic nitrogens is 3. The fourth-order valence-corrected chi connectivity index (χ4v) is 3.13. The maximum Gasteiger partial charge on any atom is 0.308 e. The SMILES string of the molecule is O=c1c(Cc2ccc(Cl)cc2)nc(-c2ccccc2)nn1N1CCOCC1. The van der Waals surface area contributed by atoms with Gasteiger partial charge in [-0.25, -0.2) is 4.98 Å². The van der Waals surface area contributed by atoms with Gasteiger partial charge >= 0.3 is 5.56 Å². The summed E-state index contributed by atoms with van der Waals surface area (Å²) in [6.45, 7) is 2.38. The van der Waals surface area contributed by atoms with Crippen molar-refractivity contribution in [2.45, 2.75) is 6.42 Å². The Morgan fingerprint density at radius 2 is 1.70 bits per heavy atom. The van der Waals surface area contributed by atoms with Crippen molar-refractivity contribution in [3.05, 3.63) is 81.2 Å². The van der Waals surface area contributed by atoms with E-state index in [0.29, 0.717) is 49.3 Å². The molecule has 0 aliphatic carbocycles. The van der Waals surface area contributed by atoms with E-state index in [9.17, 15) is 4.79 Å². The number of hydrogen-bond donors (Lipinski definition) is 0. The highest BCUT2D eigenvalue weighted by Gasteiger charge is 2.18. The molecule has 0 N–H and O–H groups in total. The maximum atomic E-state index is 13.1. The van der Waals surface area contributed by atoms with Gasteiger partial charge in [-0.2, -0.15) is 0 Å². The molecular formula is C20H19ClN4O2. The average Bonchev–Trinajstić information content (AvgIpc) is 2.72. The molecule has 0 radical (unpaired) electrons. The van der Waals surface area contributed by atoms with Crippen LogP contribution in [0.1, 0.15) is 11.3 Å². The van der Waals surface area contributed by atoms with Crippen molar-refractivity contribution in [1.29, 1.82) is 0 Å². The van der Waals surface area contributed by atoms with Gasteiger partial charge in [0.05, 0.1) is 26.3 Å². The average molecular weight is 383 g/mol. The molecule has 1 aliphatic rings. The summed E-state index contributed by atoms with van der Waals surface area (Å²) >= 11 is 5.97. The first kappa shape index (κ1) is 17.7. The topological polar surface area (TPSA) is 60.2 Å². The Labute approximate surface area is 162 Å². The molecule has 2 aromatic carbocycles. The standard InChI is InChI=1S/C20H19ClN4O2/c21-17-8-6-15(7-9-17)14-18-20(26)25(24-10-12-27-13-11-24)23-19(22-18)16-4-2-1-3-5-16/h1-9H,10-14H2. The Bertz CT molecular complexity index is 968. The molecule has 0 saturated carbocycles. The molecule has 1 aliphatic heterocycles. The third-order valence-electron chi connectivity index (χ3n) is 4.43. The van der Waals surface area contributed by atoms with E-state index in [-0.39, 0.29) is 5.56 Å². The molecule has 7 heteroatoms. The molecule has 0 atom stereocenters. The van der Waals surface area contributed by atoms with Gasteiger partial charge in [-0.15, -0.1) is 9.89 Å². The van der Waals surface area contributed by atoms with Gasteiger partial charge in [0.15, 0.2) is 5.82 Å². The molecule has 3 aromatic rings. The second kappa shape index (κ2) is 7.90. The van der Waals surface area contributed by atoms with E-state index in [4.69, 9.17) is 16.3 Å². The van der Waals surface area contributed by atoms with Crippen LogP contribution >= 0.6 is 11.6 Å². The maximum absolute atomic E-state index is 13.1. The van der Waals surface area contributed by atoms with Crippen molar-refractivity contribution >= 4 is 11.6 Å². The summed E-state index contributed by atoms with van der Waals surface area (Å²) < 4.78 is 5.40. The normalized spacial score (nSPS) is 14.3. The van der Waals surface area contributed by atoms with Crippen molar-refractivity contribution in [3.63, 3.8) is 0 Å². The molecule has 1 aromatic heterocycles. The monoisotopic (exact) mass is 382 g/mol. The summed E-state index contributed by atoms with van der Waals surface area (Å²) in [6.07, 6.45) is 0.419. The number of hydrogen-bond acceptors (Lipinski definition) is 5. The van der Waals surface area contributed by atoms with Gasteiger partial charge in [-0.05, 0) is 17.7 Å². The van der Waals surface area contributed by atoms with Crippen LogP contribution in [0.4, 0.5) is 0 Å². The summed E-state index contributed by atoms with van der Waals surface area (Å²) in [7, 11) is 0. The Kier molecular flexibility index (Phi) is 5.18. The second-order valence-corrected chi connectivity index (χ2v) is 6.75. The van der Waals surface area contributed by atoms with Crippen LogP contribution < -0.4 is 10.6 Å². The van der Waals surface area contributed by atoms with Crippen molar-refractivity contribution in [3.8, 4) is 11.4 Å². The summed E-state index contributed by atoms with van der Waals surface area (Å²) in [5.74, 6) is 0.533. The molecule has 6 nitrogen and oxygen atoms in total. The first-order valence-electron chi connectivity index (χ1n) is 8.84. The largest absolute Gasteiger partial charge is 0.378 e. The molecule has 4 rings (SSSR count). The van der Waals surface area contributed by atoms with Crippen LogP contribution in [0.25, 0.3) is 11.4 Å².